The first-order chi connectivity index (χ1) is 10.2. The minimum Gasteiger partial charge on any atom is -0.481 e. The van der Waals surface area contributed by atoms with Crippen molar-refractivity contribution in [2.45, 2.75) is 6.54 Å². The van der Waals surface area contributed by atoms with E-state index in [0.717, 1.165) is 5.56 Å². The molecule has 0 radical (unpaired) electrons. The lowest BCUT2D eigenvalue weighted by atomic mass is 10.2. The summed E-state index contributed by atoms with van der Waals surface area (Å²) in [6.07, 6.45) is 5.11. The van der Waals surface area contributed by atoms with Crippen LogP contribution in [0.25, 0.3) is 0 Å². The molecule has 106 valence electrons. The van der Waals surface area contributed by atoms with E-state index in [1.165, 1.54) is 0 Å². The zero-order chi connectivity index (χ0) is 15.1. The molecule has 0 bridgehead atoms. The van der Waals surface area contributed by atoms with Crippen LogP contribution in [0.1, 0.15) is 15.9 Å². The van der Waals surface area contributed by atoms with Crippen molar-refractivity contribution in [2.75, 3.05) is 6.61 Å². The highest BCUT2D eigenvalue weighted by Gasteiger charge is 2.05. The summed E-state index contributed by atoms with van der Waals surface area (Å²) in [6.45, 7) is 0.660. The van der Waals surface area contributed by atoms with Crippen LogP contribution < -0.4 is 10.1 Å². The molecule has 0 unspecified atom stereocenters. The van der Waals surface area contributed by atoms with E-state index in [1.807, 2.05) is 12.1 Å². The Balaban J connectivity index is 1.91. The summed E-state index contributed by atoms with van der Waals surface area (Å²) < 4.78 is 5.25. The van der Waals surface area contributed by atoms with Crippen molar-refractivity contribution in [3.8, 4) is 18.1 Å². The number of hydrogen-bond acceptors (Lipinski definition) is 2. The van der Waals surface area contributed by atoms with Gasteiger partial charge >= 0.3 is 0 Å². The SMILES string of the molecule is C#CCOc1ccc(C(=O)NCc2ccc(Cl)cc2)cc1. The maximum atomic E-state index is 12.0. The summed E-state index contributed by atoms with van der Waals surface area (Å²) in [6, 6.07) is 14.2. The molecule has 0 heterocycles. The van der Waals surface area contributed by atoms with Crippen LogP contribution in [-0.2, 0) is 6.54 Å². The van der Waals surface area contributed by atoms with E-state index >= 15 is 0 Å². The fourth-order valence-corrected chi connectivity index (χ4v) is 1.84. The second-order valence-corrected chi connectivity index (χ2v) is 4.76. The van der Waals surface area contributed by atoms with Crippen molar-refractivity contribution in [1.29, 1.82) is 0 Å². The van der Waals surface area contributed by atoms with Gasteiger partial charge in [0.15, 0.2) is 0 Å². The number of nitrogens with one attached hydrogen (secondary N) is 1. The maximum absolute atomic E-state index is 12.0. The van der Waals surface area contributed by atoms with Gasteiger partial charge in [-0.15, -0.1) is 6.42 Å². The fourth-order valence-electron chi connectivity index (χ4n) is 1.71. The lowest BCUT2D eigenvalue weighted by molar-refractivity contribution is 0.0951. The number of benzene rings is 2. The van der Waals surface area contributed by atoms with Gasteiger partial charge in [-0.3, -0.25) is 4.79 Å². The Bertz CT molecular complexity index is 642. The van der Waals surface area contributed by atoms with Crippen LogP contribution >= 0.6 is 11.6 Å². The van der Waals surface area contributed by atoms with Crippen molar-refractivity contribution in [1.82, 2.24) is 5.32 Å². The van der Waals surface area contributed by atoms with Crippen LogP contribution in [0, 0.1) is 12.3 Å². The Morgan fingerprint density at radius 1 is 1.14 bits per heavy atom. The minimum atomic E-state index is -0.145. The smallest absolute Gasteiger partial charge is 0.251 e. The molecule has 2 rings (SSSR count). The van der Waals surface area contributed by atoms with Crippen LogP contribution in [0.15, 0.2) is 48.5 Å². The highest BCUT2D eigenvalue weighted by atomic mass is 35.5. The molecule has 0 aliphatic carbocycles. The average molecular weight is 300 g/mol. The van der Waals surface area contributed by atoms with Gasteiger partial charge in [-0.1, -0.05) is 29.7 Å². The molecule has 0 aliphatic heterocycles. The van der Waals surface area contributed by atoms with Crippen LogP contribution in [0.2, 0.25) is 5.02 Å². The molecule has 0 aromatic heterocycles. The van der Waals surface area contributed by atoms with Crippen LogP contribution in [-0.4, -0.2) is 12.5 Å². The monoisotopic (exact) mass is 299 g/mol. The largest absolute Gasteiger partial charge is 0.481 e. The van der Waals surface area contributed by atoms with Gasteiger partial charge in [0.05, 0.1) is 0 Å². The first-order valence-electron chi connectivity index (χ1n) is 6.38. The van der Waals surface area contributed by atoms with Crippen LogP contribution in [0.3, 0.4) is 0 Å². The molecule has 4 heteroatoms. The average Bonchev–Trinajstić information content (AvgIpc) is 2.52. The third kappa shape index (κ3) is 4.55. The predicted molar refractivity (Wildman–Crippen MR) is 83.4 cm³/mol. The topological polar surface area (TPSA) is 38.3 Å². The van der Waals surface area contributed by atoms with Crippen molar-refractivity contribution >= 4 is 17.5 Å². The lowest BCUT2D eigenvalue weighted by Gasteiger charge is -2.07. The number of rotatable bonds is 5. The molecule has 2 aromatic carbocycles. The third-order valence-electron chi connectivity index (χ3n) is 2.81. The van der Waals surface area contributed by atoms with E-state index in [0.29, 0.717) is 22.9 Å². The zero-order valence-electron chi connectivity index (χ0n) is 11.3. The molecular weight excluding hydrogens is 286 g/mol. The first kappa shape index (κ1) is 15.0. The summed E-state index contributed by atoms with van der Waals surface area (Å²) in [5, 5.41) is 3.52. The van der Waals surface area contributed by atoms with Crippen LogP contribution in [0.5, 0.6) is 5.75 Å². The highest BCUT2D eigenvalue weighted by molar-refractivity contribution is 6.30. The number of ether oxygens (including phenoxy) is 1. The molecular formula is C17H14ClNO2. The second kappa shape index (κ2) is 7.37. The van der Waals surface area contributed by atoms with E-state index in [9.17, 15) is 4.79 Å². The molecule has 0 aliphatic rings. The number of carbonyl (C=O) groups is 1. The molecule has 0 fully saturated rings. The van der Waals surface area contributed by atoms with Gasteiger partial charge < -0.3 is 10.1 Å². The Labute approximate surface area is 128 Å². The van der Waals surface area contributed by atoms with Crippen molar-refractivity contribution < 1.29 is 9.53 Å². The normalized spacial score (nSPS) is 9.71. The molecule has 1 amide bonds. The van der Waals surface area contributed by atoms with Crippen molar-refractivity contribution in [3.05, 3.63) is 64.7 Å². The van der Waals surface area contributed by atoms with Gasteiger partial charge in [-0.05, 0) is 42.0 Å². The summed E-state index contributed by atoms with van der Waals surface area (Å²) in [7, 11) is 0. The molecule has 0 spiro atoms. The first-order valence-corrected chi connectivity index (χ1v) is 6.76. The van der Waals surface area contributed by atoms with Crippen LogP contribution in [0.4, 0.5) is 0 Å². The fraction of sp³-hybridized carbons (Fsp3) is 0.118. The number of halogens is 1. The Morgan fingerprint density at radius 3 is 2.43 bits per heavy atom. The Morgan fingerprint density at radius 2 is 1.81 bits per heavy atom. The summed E-state index contributed by atoms with van der Waals surface area (Å²) in [5.74, 6) is 2.88. The van der Waals surface area contributed by atoms with Gasteiger partial charge in [0.2, 0.25) is 0 Å². The predicted octanol–water partition coefficient (Wildman–Crippen LogP) is 3.28. The van der Waals surface area contributed by atoms with Gasteiger partial charge in [0.25, 0.3) is 5.91 Å². The van der Waals surface area contributed by atoms with E-state index in [4.69, 9.17) is 22.8 Å². The van der Waals surface area contributed by atoms with Gasteiger partial charge in [-0.2, -0.15) is 0 Å². The standard InChI is InChI=1S/C17H14ClNO2/c1-2-11-21-16-9-5-14(6-10-16)17(20)19-12-13-3-7-15(18)8-4-13/h1,3-10H,11-12H2,(H,19,20). The van der Waals surface area contributed by atoms with Crippen molar-refractivity contribution in [3.63, 3.8) is 0 Å². The summed E-state index contributed by atoms with van der Waals surface area (Å²) in [5.41, 5.74) is 1.55. The lowest BCUT2D eigenvalue weighted by Crippen LogP contribution is -2.22. The maximum Gasteiger partial charge on any atom is 0.251 e. The molecule has 0 saturated heterocycles. The number of carbonyl (C=O) groups excluding carboxylic acids is 1. The molecule has 21 heavy (non-hydrogen) atoms. The summed E-state index contributed by atoms with van der Waals surface area (Å²) >= 11 is 5.81. The van der Waals surface area contributed by atoms with Crippen molar-refractivity contribution in [2.24, 2.45) is 0 Å². The van der Waals surface area contributed by atoms with E-state index < -0.39 is 0 Å². The molecule has 3 nitrogen and oxygen atoms in total. The third-order valence-corrected chi connectivity index (χ3v) is 3.06. The molecule has 0 saturated carbocycles. The highest BCUT2D eigenvalue weighted by Crippen LogP contribution is 2.13. The second-order valence-electron chi connectivity index (χ2n) is 4.33. The Kier molecular flexibility index (Phi) is 5.25. The quantitative estimate of drug-likeness (QED) is 0.861. The van der Waals surface area contributed by atoms with Gasteiger partial charge in [0, 0.05) is 17.1 Å². The number of amides is 1. The molecule has 2 aromatic rings. The van der Waals surface area contributed by atoms with Gasteiger partial charge in [0.1, 0.15) is 12.4 Å². The molecule has 0 atom stereocenters. The van der Waals surface area contributed by atoms with E-state index in [1.54, 1.807) is 36.4 Å². The molecule has 1 N–H and O–H groups in total. The number of hydrogen-bond donors (Lipinski definition) is 1. The minimum absolute atomic E-state index is 0.145. The van der Waals surface area contributed by atoms with E-state index in [2.05, 4.69) is 11.2 Å². The summed E-state index contributed by atoms with van der Waals surface area (Å²) in [4.78, 5) is 12.0. The van der Waals surface area contributed by atoms with E-state index in [-0.39, 0.29) is 12.5 Å². The zero-order valence-corrected chi connectivity index (χ0v) is 12.1. The van der Waals surface area contributed by atoms with Gasteiger partial charge in [-0.25, -0.2) is 0 Å². The Hall–Kier alpha value is -2.44. The number of terminal acetylenes is 1.